The summed E-state index contributed by atoms with van der Waals surface area (Å²) in [6.45, 7) is 12.2. The number of rotatable bonds is 2. The topological polar surface area (TPSA) is 29.4 Å². The first-order valence-corrected chi connectivity index (χ1v) is 5.68. The predicted octanol–water partition coefficient (Wildman–Crippen LogP) is 2.96. The van der Waals surface area contributed by atoms with Crippen LogP contribution in [0, 0.1) is 5.41 Å². The summed E-state index contributed by atoms with van der Waals surface area (Å²) in [6, 6.07) is 0. The zero-order valence-corrected chi connectivity index (χ0v) is 10.4. The monoisotopic (exact) mass is 203 g/mol. The number of hydrogen-bond acceptors (Lipinski definition) is 1. The molecule has 0 aromatic rings. The largest absolute Gasteiger partial charge is 0.234 e. The third-order valence-electron chi connectivity index (χ3n) is 1.40. The van der Waals surface area contributed by atoms with Gasteiger partial charge in [0.25, 0.3) is 0 Å². The molecule has 3 heteroatoms. The Morgan fingerprint density at radius 3 is 1.92 bits per heavy atom. The number of nitrogens with zero attached hydrogens (tertiary/aromatic N) is 1. The van der Waals surface area contributed by atoms with Crippen LogP contribution in [-0.2, 0) is 11.0 Å². The van der Waals surface area contributed by atoms with E-state index in [0.29, 0.717) is 0 Å². The zero-order valence-electron chi connectivity index (χ0n) is 9.55. The molecule has 0 radical (unpaired) electrons. The van der Waals surface area contributed by atoms with E-state index in [1.165, 1.54) is 0 Å². The van der Waals surface area contributed by atoms with Gasteiger partial charge in [-0.05, 0) is 32.6 Å². The summed E-state index contributed by atoms with van der Waals surface area (Å²) in [4.78, 5) is 0. The maximum absolute atomic E-state index is 11.5. The summed E-state index contributed by atoms with van der Waals surface area (Å²) in [5.74, 6) is 0. The molecular formula is C10H21NOS. The fraction of sp³-hybridized carbons (Fsp3) is 0.900. The van der Waals surface area contributed by atoms with Gasteiger partial charge in [-0.1, -0.05) is 20.8 Å². The third kappa shape index (κ3) is 6.94. The molecule has 0 aromatic heterocycles. The SMILES string of the molecule is CC(C)(C)C/C=N/[S@](=O)C(C)(C)C. The van der Waals surface area contributed by atoms with Gasteiger partial charge in [0.1, 0.15) is 11.0 Å². The highest BCUT2D eigenvalue weighted by Gasteiger charge is 2.18. The van der Waals surface area contributed by atoms with Gasteiger partial charge in [-0.3, -0.25) is 0 Å². The maximum atomic E-state index is 11.5. The van der Waals surface area contributed by atoms with E-state index in [1.54, 1.807) is 6.21 Å². The van der Waals surface area contributed by atoms with Crippen molar-refractivity contribution in [2.75, 3.05) is 0 Å². The van der Waals surface area contributed by atoms with Crippen molar-refractivity contribution in [2.24, 2.45) is 9.81 Å². The molecule has 0 aliphatic rings. The van der Waals surface area contributed by atoms with E-state index in [9.17, 15) is 4.21 Å². The molecule has 0 saturated heterocycles. The van der Waals surface area contributed by atoms with Gasteiger partial charge >= 0.3 is 0 Å². The van der Waals surface area contributed by atoms with Crippen LogP contribution in [0.25, 0.3) is 0 Å². The van der Waals surface area contributed by atoms with Crippen molar-refractivity contribution in [1.29, 1.82) is 0 Å². The molecule has 0 aliphatic carbocycles. The standard InChI is InChI=1S/C10H21NOS/c1-9(2,3)7-8-11-13(12)10(4,5)6/h8H,7H2,1-6H3/b11-8+/t13-/m1/s1. The second kappa shape index (κ2) is 4.36. The molecular weight excluding hydrogens is 182 g/mol. The molecule has 0 amide bonds. The van der Waals surface area contributed by atoms with Crippen molar-refractivity contribution in [3.8, 4) is 0 Å². The van der Waals surface area contributed by atoms with Crippen molar-refractivity contribution in [1.82, 2.24) is 0 Å². The lowest BCUT2D eigenvalue weighted by Gasteiger charge is -2.16. The van der Waals surface area contributed by atoms with Crippen molar-refractivity contribution in [3.05, 3.63) is 0 Å². The summed E-state index contributed by atoms with van der Waals surface area (Å²) in [5, 5.41) is 0. The van der Waals surface area contributed by atoms with E-state index in [1.807, 2.05) is 20.8 Å². The van der Waals surface area contributed by atoms with Gasteiger partial charge in [0.2, 0.25) is 0 Å². The van der Waals surface area contributed by atoms with Crippen molar-refractivity contribution in [3.63, 3.8) is 0 Å². The molecule has 1 atom stereocenters. The quantitative estimate of drug-likeness (QED) is 0.634. The molecule has 0 heterocycles. The van der Waals surface area contributed by atoms with E-state index in [2.05, 4.69) is 25.2 Å². The minimum Gasteiger partial charge on any atom is -0.234 e. The summed E-state index contributed by atoms with van der Waals surface area (Å²) < 4.78 is 15.2. The first-order valence-electron chi connectivity index (χ1n) is 4.57. The molecule has 78 valence electrons. The Morgan fingerprint density at radius 1 is 1.15 bits per heavy atom. The van der Waals surface area contributed by atoms with E-state index >= 15 is 0 Å². The van der Waals surface area contributed by atoms with E-state index in [-0.39, 0.29) is 10.2 Å². The Morgan fingerprint density at radius 2 is 1.62 bits per heavy atom. The number of hydrogen-bond donors (Lipinski definition) is 0. The molecule has 0 saturated carbocycles. The Balaban J connectivity index is 4.09. The average Bonchev–Trinajstić information content (AvgIpc) is 1.82. The maximum Gasteiger partial charge on any atom is 0.144 e. The zero-order chi connectivity index (χ0) is 10.7. The van der Waals surface area contributed by atoms with Crippen molar-refractivity contribution < 1.29 is 4.21 Å². The summed E-state index contributed by atoms with van der Waals surface area (Å²) in [7, 11) is -1.10. The lowest BCUT2D eigenvalue weighted by molar-refractivity contribution is 0.438. The minimum absolute atomic E-state index is 0.228. The van der Waals surface area contributed by atoms with Crippen LogP contribution in [0.1, 0.15) is 48.0 Å². The Bertz CT molecular complexity index is 208. The van der Waals surface area contributed by atoms with Crippen LogP contribution in [0.3, 0.4) is 0 Å². The van der Waals surface area contributed by atoms with Crippen LogP contribution in [0.15, 0.2) is 4.40 Å². The van der Waals surface area contributed by atoms with Gasteiger partial charge in [-0.15, -0.1) is 0 Å². The molecule has 0 fully saturated rings. The van der Waals surface area contributed by atoms with Crippen molar-refractivity contribution in [2.45, 2.75) is 52.7 Å². The lowest BCUT2D eigenvalue weighted by atomic mass is 9.93. The molecule has 2 nitrogen and oxygen atoms in total. The van der Waals surface area contributed by atoms with Gasteiger partial charge in [-0.25, -0.2) is 4.21 Å². The summed E-state index contributed by atoms with van der Waals surface area (Å²) in [5.41, 5.74) is 0.228. The molecule has 0 N–H and O–H groups in total. The van der Waals surface area contributed by atoms with Crippen LogP contribution in [0.2, 0.25) is 0 Å². The fourth-order valence-electron chi connectivity index (χ4n) is 0.537. The van der Waals surface area contributed by atoms with Crippen LogP contribution in [0.4, 0.5) is 0 Å². The molecule has 0 aromatic carbocycles. The van der Waals surface area contributed by atoms with E-state index in [4.69, 9.17) is 0 Å². The second-order valence-corrected chi connectivity index (χ2v) is 7.35. The second-order valence-electron chi connectivity index (χ2n) is 5.41. The Kier molecular flexibility index (Phi) is 4.30. The van der Waals surface area contributed by atoms with Gasteiger partial charge in [0, 0.05) is 6.21 Å². The first-order chi connectivity index (χ1) is 5.63. The predicted molar refractivity (Wildman–Crippen MR) is 60.5 cm³/mol. The van der Waals surface area contributed by atoms with Gasteiger partial charge in [-0.2, -0.15) is 4.40 Å². The lowest BCUT2D eigenvalue weighted by Crippen LogP contribution is -2.20. The van der Waals surface area contributed by atoms with E-state index in [0.717, 1.165) is 6.42 Å². The Hall–Kier alpha value is -0.180. The molecule has 0 aliphatic heterocycles. The molecule has 13 heavy (non-hydrogen) atoms. The van der Waals surface area contributed by atoms with Gasteiger partial charge in [0.15, 0.2) is 0 Å². The highest BCUT2D eigenvalue weighted by molar-refractivity contribution is 7.85. The molecule has 0 unspecified atom stereocenters. The van der Waals surface area contributed by atoms with Crippen LogP contribution in [-0.4, -0.2) is 15.2 Å². The summed E-state index contributed by atoms with van der Waals surface area (Å²) >= 11 is 0. The molecule has 0 rings (SSSR count). The Labute approximate surface area is 84.4 Å². The first kappa shape index (κ1) is 12.8. The highest BCUT2D eigenvalue weighted by Crippen LogP contribution is 2.17. The van der Waals surface area contributed by atoms with Gasteiger partial charge in [0.05, 0.1) is 4.75 Å². The smallest absolute Gasteiger partial charge is 0.144 e. The van der Waals surface area contributed by atoms with Crippen LogP contribution in [0.5, 0.6) is 0 Å². The average molecular weight is 203 g/mol. The molecule has 0 bridgehead atoms. The summed E-state index contributed by atoms with van der Waals surface area (Å²) in [6.07, 6.45) is 2.65. The molecule has 0 spiro atoms. The van der Waals surface area contributed by atoms with Crippen molar-refractivity contribution >= 4 is 17.2 Å². The van der Waals surface area contributed by atoms with Crippen LogP contribution < -0.4 is 0 Å². The van der Waals surface area contributed by atoms with E-state index < -0.39 is 11.0 Å². The minimum atomic E-state index is -1.10. The fourth-order valence-corrected chi connectivity index (χ4v) is 1.06. The van der Waals surface area contributed by atoms with Gasteiger partial charge < -0.3 is 0 Å². The highest BCUT2D eigenvalue weighted by atomic mass is 32.2. The third-order valence-corrected chi connectivity index (χ3v) is 2.79. The van der Waals surface area contributed by atoms with Crippen LogP contribution >= 0.6 is 0 Å². The normalized spacial score (nSPS) is 16.5.